The lowest BCUT2D eigenvalue weighted by molar-refractivity contribution is -0.151. The molecule has 0 aromatic heterocycles. The minimum atomic E-state index is -3.64. The van der Waals surface area contributed by atoms with Gasteiger partial charge in [-0.3, -0.25) is 9.59 Å². The Hall–Kier alpha value is -3.23. The van der Waals surface area contributed by atoms with E-state index in [1.54, 1.807) is 6.07 Å². The molecule has 0 unspecified atom stereocenters. The van der Waals surface area contributed by atoms with E-state index in [-0.39, 0.29) is 13.0 Å². The fraction of sp³-hybridized carbons (Fsp3) is 0.217. The van der Waals surface area contributed by atoms with E-state index >= 15 is 0 Å². The number of hydrogen-bond donors (Lipinski definition) is 1. The van der Waals surface area contributed by atoms with Gasteiger partial charge >= 0.3 is 5.97 Å². The zero-order valence-corrected chi connectivity index (χ0v) is 17.8. The maximum atomic E-state index is 12.7. The van der Waals surface area contributed by atoms with Crippen LogP contribution in [0.25, 0.3) is 10.8 Å². The Morgan fingerprint density at radius 3 is 2.42 bits per heavy atom. The largest absolute Gasteiger partial charge is 0.454 e. The van der Waals surface area contributed by atoms with E-state index in [1.165, 1.54) is 0 Å². The minimum Gasteiger partial charge on any atom is -0.454 e. The Kier molecular flexibility index (Phi) is 5.75. The Morgan fingerprint density at radius 1 is 1.00 bits per heavy atom. The van der Waals surface area contributed by atoms with Crippen molar-refractivity contribution in [1.29, 1.82) is 0 Å². The number of amides is 1. The fourth-order valence-electron chi connectivity index (χ4n) is 3.75. The van der Waals surface area contributed by atoms with Crippen LogP contribution in [0.1, 0.15) is 11.1 Å². The van der Waals surface area contributed by atoms with E-state index in [0.29, 0.717) is 5.69 Å². The zero-order valence-electron chi connectivity index (χ0n) is 16.9. The Balaban J connectivity index is 1.42. The van der Waals surface area contributed by atoms with Gasteiger partial charge in [-0.25, -0.2) is 8.42 Å². The van der Waals surface area contributed by atoms with Crippen LogP contribution >= 0.6 is 0 Å². The lowest BCUT2D eigenvalue weighted by atomic mass is 9.96. The zero-order chi connectivity index (χ0) is 22.0. The van der Waals surface area contributed by atoms with Crippen molar-refractivity contribution in [3.63, 3.8) is 0 Å². The van der Waals surface area contributed by atoms with Crippen LogP contribution in [0.3, 0.4) is 0 Å². The Labute approximate surface area is 180 Å². The molecule has 1 N–H and O–H groups in total. The normalized spacial score (nSPS) is 16.5. The molecule has 0 saturated carbocycles. The van der Waals surface area contributed by atoms with Crippen LogP contribution in [0, 0.1) is 0 Å². The highest BCUT2D eigenvalue weighted by Gasteiger charge is 2.38. The van der Waals surface area contributed by atoms with Gasteiger partial charge in [-0.1, -0.05) is 54.6 Å². The van der Waals surface area contributed by atoms with Gasteiger partial charge in [-0.15, -0.1) is 0 Å². The first-order chi connectivity index (χ1) is 14.8. The molecule has 1 aliphatic heterocycles. The highest BCUT2D eigenvalue weighted by atomic mass is 32.2. The summed E-state index contributed by atoms with van der Waals surface area (Å²) >= 11 is 0. The third kappa shape index (κ3) is 4.76. The van der Waals surface area contributed by atoms with Crippen LogP contribution in [0.15, 0.2) is 66.7 Å². The van der Waals surface area contributed by atoms with Crippen molar-refractivity contribution in [3.05, 3.63) is 77.9 Å². The SMILES string of the molecule is CS(=O)(=O)N1Cc2ccccc2C[C@H]1C(=O)OCC(=O)Nc1ccc2ccccc2c1. The van der Waals surface area contributed by atoms with Crippen LogP contribution in [0.2, 0.25) is 0 Å². The molecule has 3 aromatic rings. The van der Waals surface area contributed by atoms with Gasteiger partial charge in [0.1, 0.15) is 6.04 Å². The first-order valence-electron chi connectivity index (χ1n) is 9.80. The number of nitrogens with one attached hydrogen (secondary N) is 1. The molecule has 1 amide bonds. The van der Waals surface area contributed by atoms with Gasteiger partial charge in [0, 0.05) is 18.7 Å². The molecule has 0 fully saturated rings. The fourth-order valence-corrected chi connectivity index (χ4v) is 4.74. The highest BCUT2D eigenvalue weighted by Crippen LogP contribution is 2.26. The third-order valence-corrected chi connectivity index (χ3v) is 6.52. The van der Waals surface area contributed by atoms with Crippen LogP contribution in [-0.4, -0.2) is 43.5 Å². The van der Waals surface area contributed by atoms with Gasteiger partial charge < -0.3 is 10.1 Å². The smallest absolute Gasteiger partial charge is 0.325 e. The standard InChI is InChI=1S/C23H22N2O5S/c1-31(28,29)25-14-19-9-5-4-8-18(19)13-21(25)23(27)30-15-22(26)24-20-11-10-16-6-2-3-7-17(16)12-20/h2-12,21H,13-15H2,1H3,(H,24,26)/t21-/m0/s1. The minimum absolute atomic E-state index is 0.0953. The number of rotatable bonds is 5. The van der Waals surface area contributed by atoms with Gasteiger partial charge in [0.2, 0.25) is 10.0 Å². The molecule has 7 nitrogen and oxygen atoms in total. The molecule has 31 heavy (non-hydrogen) atoms. The number of carbonyl (C=O) groups is 2. The molecule has 0 bridgehead atoms. The summed E-state index contributed by atoms with van der Waals surface area (Å²) in [5, 5.41) is 4.72. The van der Waals surface area contributed by atoms with Gasteiger partial charge in [-0.2, -0.15) is 4.31 Å². The second-order valence-electron chi connectivity index (χ2n) is 7.51. The van der Waals surface area contributed by atoms with Crippen LogP contribution in [0.5, 0.6) is 0 Å². The average molecular weight is 439 g/mol. The first kappa shape index (κ1) is 21.0. The maximum absolute atomic E-state index is 12.7. The van der Waals surface area contributed by atoms with E-state index < -0.39 is 34.5 Å². The second-order valence-corrected chi connectivity index (χ2v) is 9.45. The van der Waals surface area contributed by atoms with Crippen molar-refractivity contribution in [1.82, 2.24) is 4.31 Å². The number of fused-ring (bicyclic) bond motifs is 2. The monoisotopic (exact) mass is 438 g/mol. The second kappa shape index (κ2) is 8.49. The van der Waals surface area contributed by atoms with Crippen LogP contribution < -0.4 is 5.32 Å². The van der Waals surface area contributed by atoms with E-state index in [4.69, 9.17) is 4.74 Å². The molecule has 0 aliphatic carbocycles. The predicted molar refractivity (Wildman–Crippen MR) is 118 cm³/mol. The number of esters is 1. The molecular weight excluding hydrogens is 416 g/mol. The summed E-state index contributed by atoms with van der Waals surface area (Å²) in [6.07, 6.45) is 1.27. The molecule has 4 rings (SSSR count). The number of ether oxygens (including phenoxy) is 1. The van der Waals surface area contributed by atoms with E-state index in [9.17, 15) is 18.0 Å². The molecule has 3 aromatic carbocycles. The summed E-state index contributed by atoms with van der Waals surface area (Å²) in [4.78, 5) is 25.0. The van der Waals surface area contributed by atoms with Crippen molar-refractivity contribution < 1.29 is 22.7 Å². The lowest BCUT2D eigenvalue weighted by Crippen LogP contribution is -2.49. The van der Waals surface area contributed by atoms with Gasteiger partial charge in [0.15, 0.2) is 6.61 Å². The molecule has 1 heterocycles. The Morgan fingerprint density at radius 2 is 1.68 bits per heavy atom. The third-order valence-electron chi connectivity index (χ3n) is 5.28. The van der Waals surface area contributed by atoms with Crippen molar-refractivity contribution >= 4 is 38.4 Å². The molecule has 0 saturated heterocycles. The summed E-state index contributed by atoms with van der Waals surface area (Å²) < 4.78 is 30.8. The van der Waals surface area contributed by atoms with Gasteiger partial charge in [0.25, 0.3) is 5.91 Å². The molecule has 1 aliphatic rings. The van der Waals surface area contributed by atoms with Crippen LogP contribution in [0.4, 0.5) is 5.69 Å². The molecule has 160 valence electrons. The number of hydrogen-bond acceptors (Lipinski definition) is 5. The van der Waals surface area contributed by atoms with Gasteiger partial charge in [-0.05, 0) is 34.0 Å². The summed E-state index contributed by atoms with van der Waals surface area (Å²) in [5.41, 5.74) is 2.33. The molecule has 0 radical (unpaired) electrons. The number of carbonyl (C=O) groups excluding carboxylic acids is 2. The number of nitrogens with zero attached hydrogens (tertiary/aromatic N) is 1. The highest BCUT2D eigenvalue weighted by molar-refractivity contribution is 7.88. The van der Waals surface area contributed by atoms with Crippen LogP contribution in [-0.2, 0) is 37.3 Å². The van der Waals surface area contributed by atoms with E-state index in [1.807, 2.05) is 60.7 Å². The summed E-state index contributed by atoms with van der Waals surface area (Å²) in [7, 11) is -3.64. The molecular formula is C23H22N2O5S. The van der Waals surface area contributed by atoms with E-state index in [0.717, 1.165) is 32.5 Å². The molecule has 1 atom stereocenters. The van der Waals surface area contributed by atoms with E-state index in [2.05, 4.69) is 5.32 Å². The summed E-state index contributed by atoms with van der Waals surface area (Å²) in [6, 6.07) is 19.6. The van der Waals surface area contributed by atoms with Crippen molar-refractivity contribution in [2.75, 3.05) is 18.2 Å². The lowest BCUT2D eigenvalue weighted by Gasteiger charge is -2.33. The van der Waals surface area contributed by atoms with Crippen molar-refractivity contribution in [2.45, 2.75) is 19.0 Å². The summed E-state index contributed by atoms with van der Waals surface area (Å²) in [5.74, 6) is -1.24. The number of anilines is 1. The molecule has 8 heteroatoms. The predicted octanol–water partition coefficient (Wildman–Crippen LogP) is 2.71. The van der Waals surface area contributed by atoms with Crippen molar-refractivity contribution in [2.24, 2.45) is 0 Å². The molecule has 0 spiro atoms. The van der Waals surface area contributed by atoms with Gasteiger partial charge in [0.05, 0.1) is 6.26 Å². The number of sulfonamides is 1. The number of benzene rings is 3. The first-order valence-corrected chi connectivity index (χ1v) is 11.6. The quantitative estimate of drug-likeness (QED) is 0.619. The topological polar surface area (TPSA) is 92.8 Å². The van der Waals surface area contributed by atoms with Crippen molar-refractivity contribution in [3.8, 4) is 0 Å². The Bertz CT molecular complexity index is 1260. The summed E-state index contributed by atoms with van der Waals surface area (Å²) in [6.45, 7) is -0.403. The average Bonchev–Trinajstić information content (AvgIpc) is 2.76. The maximum Gasteiger partial charge on any atom is 0.325 e.